The molecule has 0 fully saturated rings. The SMILES string of the molecule is CCCC/C=C/CCCC1=CCCC(=O)N1. The van der Waals surface area contributed by atoms with Gasteiger partial charge >= 0.3 is 0 Å². The zero-order chi connectivity index (χ0) is 11.6. The molecule has 0 saturated carbocycles. The molecule has 1 rings (SSSR count). The third kappa shape index (κ3) is 5.74. The summed E-state index contributed by atoms with van der Waals surface area (Å²) < 4.78 is 0. The molecule has 0 unspecified atom stereocenters. The lowest BCUT2D eigenvalue weighted by atomic mass is 10.1. The molecule has 16 heavy (non-hydrogen) atoms. The van der Waals surface area contributed by atoms with Crippen LogP contribution in [0.4, 0.5) is 0 Å². The lowest BCUT2D eigenvalue weighted by molar-refractivity contribution is -0.120. The first-order valence-corrected chi connectivity index (χ1v) is 6.47. The molecule has 0 bridgehead atoms. The molecule has 1 heterocycles. The van der Waals surface area contributed by atoms with Gasteiger partial charge in [0.05, 0.1) is 0 Å². The third-order valence-corrected chi connectivity index (χ3v) is 2.77. The quantitative estimate of drug-likeness (QED) is 0.515. The fourth-order valence-electron chi connectivity index (χ4n) is 1.80. The summed E-state index contributed by atoms with van der Waals surface area (Å²) in [6.45, 7) is 2.21. The molecule has 0 radical (unpaired) electrons. The monoisotopic (exact) mass is 221 g/mol. The van der Waals surface area contributed by atoms with E-state index in [1.54, 1.807) is 0 Å². The van der Waals surface area contributed by atoms with Gasteiger partial charge in [-0.15, -0.1) is 0 Å². The summed E-state index contributed by atoms with van der Waals surface area (Å²) in [5.74, 6) is 0.177. The number of carbonyl (C=O) groups is 1. The maximum absolute atomic E-state index is 11.1. The van der Waals surface area contributed by atoms with Gasteiger partial charge in [0.15, 0.2) is 0 Å². The fraction of sp³-hybridized carbons (Fsp3) is 0.643. The third-order valence-electron chi connectivity index (χ3n) is 2.77. The Kier molecular flexibility index (Phi) is 6.62. The maximum atomic E-state index is 11.1. The summed E-state index contributed by atoms with van der Waals surface area (Å²) in [6, 6.07) is 0. The molecule has 0 aromatic rings. The predicted octanol–water partition coefficient (Wildman–Crippen LogP) is 3.70. The van der Waals surface area contributed by atoms with Gasteiger partial charge < -0.3 is 5.32 Å². The van der Waals surface area contributed by atoms with Crippen LogP contribution in [-0.4, -0.2) is 5.91 Å². The highest BCUT2D eigenvalue weighted by Gasteiger charge is 2.08. The van der Waals surface area contributed by atoms with Crippen LogP contribution in [0.15, 0.2) is 23.9 Å². The molecule has 1 aliphatic heterocycles. The van der Waals surface area contributed by atoms with E-state index in [2.05, 4.69) is 30.5 Å². The highest BCUT2D eigenvalue weighted by Crippen LogP contribution is 2.11. The van der Waals surface area contributed by atoms with Crippen molar-refractivity contribution in [3.8, 4) is 0 Å². The van der Waals surface area contributed by atoms with Gasteiger partial charge in [0.25, 0.3) is 0 Å². The molecule has 1 N–H and O–H groups in total. The first-order chi connectivity index (χ1) is 7.83. The topological polar surface area (TPSA) is 29.1 Å². The number of hydrogen-bond acceptors (Lipinski definition) is 1. The van der Waals surface area contributed by atoms with Gasteiger partial charge in [-0.2, -0.15) is 0 Å². The van der Waals surface area contributed by atoms with Gasteiger partial charge in [0.1, 0.15) is 0 Å². The number of unbranched alkanes of at least 4 members (excludes halogenated alkanes) is 3. The highest BCUT2D eigenvalue weighted by atomic mass is 16.1. The second-order valence-corrected chi connectivity index (χ2v) is 4.32. The van der Waals surface area contributed by atoms with Gasteiger partial charge in [-0.3, -0.25) is 4.79 Å². The summed E-state index contributed by atoms with van der Waals surface area (Å²) in [5.41, 5.74) is 1.12. The molecule has 0 aromatic heterocycles. The van der Waals surface area contributed by atoms with Crippen LogP contribution in [-0.2, 0) is 4.79 Å². The van der Waals surface area contributed by atoms with Crippen molar-refractivity contribution in [2.45, 2.75) is 58.3 Å². The maximum Gasteiger partial charge on any atom is 0.224 e. The van der Waals surface area contributed by atoms with Gasteiger partial charge in [0.2, 0.25) is 5.91 Å². The normalized spacial score (nSPS) is 16.3. The first kappa shape index (κ1) is 13.0. The molecule has 0 atom stereocenters. The largest absolute Gasteiger partial charge is 0.330 e. The molecule has 0 spiro atoms. The van der Waals surface area contributed by atoms with E-state index < -0.39 is 0 Å². The molecule has 90 valence electrons. The Hall–Kier alpha value is -1.05. The van der Waals surface area contributed by atoms with E-state index in [4.69, 9.17) is 0 Å². The Labute approximate surface area is 98.8 Å². The van der Waals surface area contributed by atoms with Crippen molar-refractivity contribution in [2.75, 3.05) is 0 Å². The van der Waals surface area contributed by atoms with Crippen LogP contribution in [0, 0.1) is 0 Å². The Balaban J connectivity index is 2.04. The molecule has 2 heteroatoms. The number of amides is 1. The smallest absolute Gasteiger partial charge is 0.224 e. The summed E-state index contributed by atoms with van der Waals surface area (Å²) in [6.07, 6.45) is 15.3. The molecule has 0 aromatic carbocycles. The highest BCUT2D eigenvalue weighted by molar-refractivity contribution is 5.78. The van der Waals surface area contributed by atoms with Crippen LogP contribution in [0.2, 0.25) is 0 Å². The van der Waals surface area contributed by atoms with Gasteiger partial charge in [0, 0.05) is 12.1 Å². The molecular formula is C14H23NO. The molecule has 1 amide bonds. The van der Waals surface area contributed by atoms with E-state index in [-0.39, 0.29) is 5.91 Å². The Morgan fingerprint density at radius 1 is 1.31 bits per heavy atom. The minimum Gasteiger partial charge on any atom is -0.330 e. The van der Waals surface area contributed by atoms with E-state index in [9.17, 15) is 4.79 Å². The second-order valence-electron chi connectivity index (χ2n) is 4.32. The summed E-state index contributed by atoms with van der Waals surface area (Å²) in [5, 5.41) is 2.93. The van der Waals surface area contributed by atoms with Gasteiger partial charge in [-0.25, -0.2) is 0 Å². The molecule has 0 aliphatic carbocycles. The zero-order valence-electron chi connectivity index (χ0n) is 10.3. The van der Waals surface area contributed by atoms with Crippen molar-refractivity contribution in [3.05, 3.63) is 23.9 Å². The van der Waals surface area contributed by atoms with E-state index in [0.29, 0.717) is 6.42 Å². The van der Waals surface area contributed by atoms with Crippen molar-refractivity contribution >= 4 is 5.91 Å². The Morgan fingerprint density at radius 2 is 2.06 bits per heavy atom. The Morgan fingerprint density at radius 3 is 2.75 bits per heavy atom. The number of nitrogens with one attached hydrogen (secondary N) is 1. The van der Waals surface area contributed by atoms with Crippen LogP contribution >= 0.6 is 0 Å². The number of hydrogen-bond donors (Lipinski definition) is 1. The predicted molar refractivity (Wildman–Crippen MR) is 68.0 cm³/mol. The number of allylic oxidation sites excluding steroid dienone is 4. The van der Waals surface area contributed by atoms with E-state index in [0.717, 1.165) is 31.4 Å². The number of carbonyl (C=O) groups excluding carboxylic acids is 1. The van der Waals surface area contributed by atoms with Crippen LogP contribution < -0.4 is 5.32 Å². The Bertz CT molecular complexity index is 266. The number of rotatable bonds is 7. The van der Waals surface area contributed by atoms with E-state index in [1.165, 1.54) is 19.3 Å². The van der Waals surface area contributed by atoms with Crippen LogP contribution in [0.25, 0.3) is 0 Å². The lowest BCUT2D eigenvalue weighted by Crippen LogP contribution is -2.25. The minimum atomic E-state index is 0.177. The standard InChI is InChI=1S/C14H23NO/c1-2-3-4-5-6-7-8-10-13-11-9-12-14(16)15-13/h5-6,11H,2-4,7-10,12H2,1H3,(H,15,16)/b6-5+. The van der Waals surface area contributed by atoms with Gasteiger partial charge in [-0.05, 0) is 32.1 Å². The van der Waals surface area contributed by atoms with Crippen molar-refractivity contribution in [2.24, 2.45) is 0 Å². The summed E-state index contributed by atoms with van der Waals surface area (Å²) in [7, 11) is 0. The first-order valence-electron chi connectivity index (χ1n) is 6.47. The van der Waals surface area contributed by atoms with Gasteiger partial charge in [-0.1, -0.05) is 38.0 Å². The van der Waals surface area contributed by atoms with E-state index in [1.807, 2.05) is 0 Å². The summed E-state index contributed by atoms with van der Waals surface area (Å²) in [4.78, 5) is 11.1. The molecule has 2 nitrogen and oxygen atoms in total. The second kappa shape index (κ2) is 8.14. The average Bonchev–Trinajstić information content (AvgIpc) is 2.28. The van der Waals surface area contributed by atoms with E-state index >= 15 is 0 Å². The van der Waals surface area contributed by atoms with Crippen molar-refractivity contribution < 1.29 is 4.79 Å². The molecular weight excluding hydrogens is 198 g/mol. The fourth-order valence-corrected chi connectivity index (χ4v) is 1.80. The molecule has 1 aliphatic rings. The zero-order valence-corrected chi connectivity index (χ0v) is 10.3. The van der Waals surface area contributed by atoms with Crippen molar-refractivity contribution in [1.82, 2.24) is 5.32 Å². The van der Waals surface area contributed by atoms with Crippen LogP contribution in [0.1, 0.15) is 58.3 Å². The lowest BCUT2D eigenvalue weighted by Gasteiger charge is -2.13. The van der Waals surface area contributed by atoms with Crippen molar-refractivity contribution in [3.63, 3.8) is 0 Å². The average molecular weight is 221 g/mol. The molecule has 0 saturated heterocycles. The van der Waals surface area contributed by atoms with Crippen LogP contribution in [0.3, 0.4) is 0 Å². The van der Waals surface area contributed by atoms with Crippen molar-refractivity contribution in [1.29, 1.82) is 0 Å². The minimum absolute atomic E-state index is 0.177. The van der Waals surface area contributed by atoms with Crippen LogP contribution in [0.5, 0.6) is 0 Å². The summed E-state index contributed by atoms with van der Waals surface area (Å²) >= 11 is 0.